The molecule has 0 bridgehead atoms. The van der Waals surface area contributed by atoms with Crippen LogP contribution in [0.15, 0.2) is 46.5 Å². The molecule has 1 fully saturated rings. The maximum Gasteiger partial charge on any atom is 0.281 e. The number of nitrogens with zero attached hydrogens (tertiary/aromatic N) is 1. The molecule has 0 saturated carbocycles. The summed E-state index contributed by atoms with van der Waals surface area (Å²) in [5, 5.41) is 3.29. The molecule has 12 heteroatoms. The number of para-hydroxylation sites is 2. The number of benzene rings is 2. The van der Waals surface area contributed by atoms with Crippen molar-refractivity contribution in [2.45, 2.75) is 13.5 Å². The average molecular weight is 593 g/mol. The number of furan rings is 1. The predicted octanol–water partition coefficient (Wildman–Crippen LogP) is 7.79. The number of amides is 1. The van der Waals surface area contributed by atoms with Gasteiger partial charge < -0.3 is 19.2 Å². The number of hydrogen-bond acceptors (Lipinski definition) is 5. The fourth-order valence-corrected chi connectivity index (χ4v) is 4.74. The zero-order chi connectivity index (χ0) is 25.3. The van der Waals surface area contributed by atoms with Crippen LogP contribution in [0.3, 0.4) is 0 Å². The van der Waals surface area contributed by atoms with Crippen LogP contribution in [-0.2, 0) is 11.4 Å². The third-order valence-electron chi connectivity index (χ3n) is 4.78. The SMILES string of the molecule is CCOc1ccccc1N1C(=O)/C(=C\c2ccc(COc3c(Cl)c(Cl)c(Cl)c(Cl)c3Cl)o2)NC1=S. The van der Waals surface area contributed by atoms with E-state index in [0.717, 1.165) is 0 Å². The highest BCUT2D eigenvalue weighted by Gasteiger charge is 2.34. The van der Waals surface area contributed by atoms with Crippen molar-refractivity contribution in [1.29, 1.82) is 0 Å². The van der Waals surface area contributed by atoms with Crippen molar-refractivity contribution < 1.29 is 18.7 Å². The summed E-state index contributed by atoms with van der Waals surface area (Å²) < 4.78 is 17.1. The summed E-state index contributed by atoms with van der Waals surface area (Å²) in [5.41, 5.74) is 0.785. The summed E-state index contributed by atoms with van der Waals surface area (Å²) in [6, 6.07) is 10.5. The quantitative estimate of drug-likeness (QED) is 0.131. The normalized spacial score (nSPS) is 14.6. The highest BCUT2D eigenvalue weighted by atomic mass is 35.5. The van der Waals surface area contributed by atoms with E-state index in [-0.39, 0.29) is 54.2 Å². The van der Waals surface area contributed by atoms with Crippen molar-refractivity contribution in [2.75, 3.05) is 11.5 Å². The maximum absolute atomic E-state index is 13.1. The third kappa shape index (κ3) is 5.21. The van der Waals surface area contributed by atoms with Crippen LogP contribution in [0.1, 0.15) is 18.4 Å². The number of carbonyl (C=O) groups excluding carboxylic acids is 1. The first-order valence-electron chi connectivity index (χ1n) is 10.0. The summed E-state index contributed by atoms with van der Waals surface area (Å²) in [4.78, 5) is 14.5. The van der Waals surface area contributed by atoms with E-state index in [4.69, 9.17) is 84.1 Å². The number of hydrogen-bond donors (Lipinski definition) is 1. The third-order valence-corrected chi connectivity index (χ3v) is 7.31. The second kappa shape index (κ2) is 10.9. The van der Waals surface area contributed by atoms with E-state index in [1.54, 1.807) is 30.3 Å². The van der Waals surface area contributed by atoms with E-state index in [1.165, 1.54) is 11.0 Å². The Kier molecular flexibility index (Phi) is 8.06. The number of thiocarbonyl (C=S) groups is 1. The van der Waals surface area contributed by atoms with Crippen LogP contribution in [0.4, 0.5) is 5.69 Å². The minimum absolute atomic E-state index is 0.0276. The van der Waals surface area contributed by atoms with Crippen LogP contribution in [0.5, 0.6) is 11.5 Å². The molecule has 2 heterocycles. The van der Waals surface area contributed by atoms with Crippen molar-refractivity contribution in [1.82, 2.24) is 5.32 Å². The van der Waals surface area contributed by atoms with Crippen LogP contribution in [0.2, 0.25) is 25.1 Å². The number of rotatable bonds is 7. The van der Waals surface area contributed by atoms with Gasteiger partial charge in [0.25, 0.3) is 5.91 Å². The van der Waals surface area contributed by atoms with Crippen molar-refractivity contribution >= 4 is 93.0 Å². The number of nitrogens with one attached hydrogen (secondary N) is 1. The molecule has 1 aliphatic heterocycles. The van der Waals surface area contributed by atoms with E-state index in [2.05, 4.69) is 5.32 Å². The average Bonchev–Trinajstić information content (AvgIpc) is 3.40. The molecule has 1 amide bonds. The highest BCUT2D eigenvalue weighted by Crippen LogP contribution is 2.48. The second-order valence-electron chi connectivity index (χ2n) is 7.02. The molecule has 2 aromatic carbocycles. The number of halogens is 5. The van der Waals surface area contributed by atoms with Gasteiger partial charge in [-0.1, -0.05) is 70.1 Å². The lowest BCUT2D eigenvalue weighted by molar-refractivity contribution is -0.113. The Morgan fingerprint density at radius 2 is 1.63 bits per heavy atom. The second-order valence-corrected chi connectivity index (χ2v) is 9.30. The van der Waals surface area contributed by atoms with Crippen molar-refractivity contribution in [3.63, 3.8) is 0 Å². The van der Waals surface area contributed by atoms with E-state index in [1.807, 2.05) is 13.0 Å². The van der Waals surface area contributed by atoms with Gasteiger partial charge in [0.05, 0.1) is 27.4 Å². The van der Waals surface area contributed by atoms with Crippen molar-refractivity contribution in [3.8, 4) is 11.5 Å². The van der Waals surface area contributed by atoms with E-state index < -0.39 is 0 Å². The molecule has 3 aromatic rings. The molecule has 1 N–H and O–H groups in total. The van der Waals surface area contributed by atoms with Crippen LogP contribution in [0, 0.1) is 0 Å². The highest BCUT2D eigenvalue weighted by molar-refractivity contribution is 7.80. The molecule has 182 valence electrons. The van der Waals surface area contributed by atoms with Crippen LogP contribution < -0.4 is 19.7 Å². The lowest BCUT2D eigenvalue weighted by atomic mass is 10.2. The first-order chi connectivity index (χ1) is 16.7. The van der Waals surface area contributed by atoms with Gasteiger partial charge in [0.1, 0.15) is 39.6 Å². The molecule has 0 atom stereocenters. The monoisotopic (exact) mass is 590 g/mol. The standard InChI is InChI=1S/C23H15Cl5N2O4S/c1-2-32-15-6-4-3-5-14(15)30-22(31)13(29-23(30)35)9-11-7-8-12(34-11)10-33-21-19(27)17(25)16(24)18(26)20(21)28/h3-9H,2,10H2,1H3,(H,29,35)/b13-9+. The molecule has 0 unspecified atom stereocenters. The summed E-state index contributed by atoms with van der Waals surface area (Å²) in [6.45, 7) is 2.27. The molecule has 1 saturated heterocycles. The Hall–Kier alpha value is -2.13. The van der Waals surface area contributed by atoms with Crippen LogP contribution in [-0.4, -0.2) is 17.6 Å². The van der Waals surface area contributed by atoms with Crippen LogP contribution in [0.25, 0.3) is 6.08 Å². The Labute approximate surface area is 231 Å². The van der Waals surface area contributed by atoms with Gasteiger partial charge in [-0.3, -0.25) is 4.79 Å². The molecule has 35 heavy (non-hydrogen) atoms. The smallest absolute Gasteiger partial charge is 0.281 e. The van der Waals surface area contributed by atoms with Gasteiger partial charge >= 0.3 is 0 Å². The summed E-state index contributed by atoms with van der Waals surface area (Å²) >= 11 is 35.9. The Morgan fingerprint density at radius 3 is 2.31 bits per heavy atom. The van der Waals surface area contributed by atoms with Crippen LogP contribution >= 0.6 is 70.2 Å². The zero-order valence-corrected chi connectivity index (χ0v) is 22.4. The number of carbonyl (C=O) groups is 1. The molecule has 1 aliphatic rings. The van der Waals surface area contributed by atoms with Gasteiger partial charge in [0.15, 0.2) is 10.9 Å². The number of anilines is 1. The maximum atomic E-state index is 13.1. The van der Waals surface area contributed by atoms with Gasteiger partial charge in [-0.2, -0.15) is 0 Å². The van der Waals surface area contributed by atoms with Gasteiger partial charge in [-0.15, -0.1) is 0 Å². The molecular formula is C23H15Cl5N2O4S. The van der Waals surface area contributed by atoms with Gasteiger partial charge in [0.2, 0.25) is 0 Å². The predicted molar refractivity (Wildman–Crippen MR) is 143 cm³/mol. The molecule has 0 aliphatic carbocycles. The largest absolute Gasteiger partial charge is 0.492 e. The Balaban J connectivity index is 1.52. The lowest BCUT2D eigenvalue weighted by Gasteiger charge is -2.17. The fraction of sp³-hybridized carbons (Fsp3) is 0.130. The van der Waals surface area contributed by atoms with E-state index in [0.29, 0.717) is 29.6 Å². The molecule has 0 spiro atoms. The molecular weight excluding hydrogens is 578 g/mol. The molecule has 4 rings (SSSR count). The van der Waals surface area contributed by atoms with Gasteiger partial charge in [0, 0.05) is 6.08 Å². The minimum atomic E-state index is -0.347. The Bertz CT molecular complexity index is 1330. The molecule has 1 aromatic heterocycles. The van der Waals surface area contributed by atoms with E-state index in [9.17, 15) is 4.79 Å². The summed E-state index contributed by atoms with van der Waals surface area (Å²) in [6.07, 6.45) is 1.54. The van der Waals surface area contributed by atoms with E-state index >= 15 is 0 Å². The summed E-state index contributed by atoms with van der Waals surface area (Å²) in [7, 11) is 0. The van der Waals surface area contributed by atoms with Crippen molar-refractivity contribution in [3.05, 3.63) is 78.7 Å². The topological polar surface area (TPSA) is 63.9 Å². The van der Waals surface area contributed by atoms with Gasteiger partial charge in [-0.05, 0) is 43.4 Å². The zero-order valence-electron chi connectivity index (χ0n) is 17.8. The minimum Gasteiger partial charge on any atom is -0.492 e. The summed E-state index contributed by atoms with van der Waals surface area (Å²) in [5.74, 6) is 1.10. The Morgan fingerprint density at radius 1 is 0.971 bits per heavy atom. The fourth-order valence-electron chi connectivity index (χ4n) is 3.22. The lowest BCUT2D eigenvalue weighted by Crippen LogP contribution is -2.30. The van der Waals surface area contributed by atoms with Crippen molar-refractivity contribution in [2.24, 2.45) is 0 Å². The first kappa shape index (κ1) is 25.9. The molecule has 6 nitrogen and oxygen atoms in total. The molecule has 0 radical (unpaired) electrons. The van der Waals surface area contributed by atoms with Gasteiger partial charge in [-0.25, -0.2) is 4.90 Å². The number of ether oxygens (including phenoxy) is 2. The first-order valence-corrected chi connectivity index (χ1v) is 12.3.